The van der Waals surface area contributed by atoms with Crippen molar-refractivity contribution in [1.82, 2.24) is 0 Å². The van der Waals surface area contributed by atoms with Crippen LogP contribution in [0.1, 0.15) is 29.4 Å². The normalized spacial score (nSPS) is 11.3. The summed E-state index contributed by atoms with van der Waals surface area (Å²) in [4.78, 5) is 11.4. The summed E-state index contributed by atoms with van der Waals surface area (Å²) >= 11 is 0. The summed E-state index contributed by atoms with van der Waals surface area (Å²) in [6.07, 6.45) is -4.38. The van der Waals surface area contributed by atoms with Gasteiger partial charge in [0.05, 0.1) is 12.2 Å². The van der Waals surface area contributed by atoms with Gasteiger partial charge >= 0.3 is 12.1 Å². The molecule has 0 spiro atoms. The largest absolute Gasteiger partial charge is 0.486 e. The number of ether oxygens (including phenoxy) is 3. The lowest BCUT2D eigenvalue weighted by atomic mass is 10.1. The highest BCUT2D eigenvalue weighted by Gasteiger charge is 2.30. The van der Waals surface area contributed by atoms with Gasteiger partial charge < -0.3 is 18.6 Å². The van der Waals surface area contributed by atoms with Crippen molar-refractivity contribution < 1.29 is 36.6 Å². The second-order valence-corrected chi connectivity index (χ2v) is 7.10. The van der Waals surface area contributed by atoms with Crippen molar-refractivity contribution in [2.45, 2.75) is 33.6 Å². The van der Waals surface area contributed by atoms with Crippen molar-refractivity contribution in [1.29, 1.82) is 0 Å². The molecule has 2 aromatic carbocycles. The fourth-order valence-corrected chi connectivity index (χ4v) is 2.99. The molecule has 0 aliphatic rings. The van der Waals surface area contributed by atoms with Gasteiger partial charge in [0.1, 0.15) is 29.6 Å². The Kier molecular flexibility index (Phi) is 7.12. The van der Waals surface area contributed by atoms with Crippen LogP contribution in [0.15, 0.2) is 52.9 Å². The Morgan fingerprint density at radius 3 is 2.31 bits per heavy atom. The van der Waals surface area contributed by atoms with E-state index < -0.39 is 17.7 Å². The molecule has 0 bridgehead atoms. The van der Waals surface area contributed by atoms with Crippen LogP contribution >= 0.6 is 0 Å². The minimum atomic E-state index is -4.38. The van der Waals surface area contributed by atoms with Crippen LogP contribution in [-0.2, 0) is 22.3 Å². The Hall–Kier alpha value is -3.42. The van der Waals surface area contributed by atoms with Gasteiger partial charge in [-0.1, -0.05) is 12.1 Å². The average Bonchev–Trinajstić information content (AvgIpc) is 3.12. The number of hydrogen-bond acceptors (Lipinski definition) is 5. The van der Waals surface area contributed by atoms with Crippen LogP contribution in [0.5, 0.6) is 11.5 Å². The van der Waals surface area contributed by atoms with E-state index in [1.165, 1.54) is 12.1 Å². The van der Waals surface area contributed by atoms with Crippen LogP contribution < -0.4 is 9.47 Å². The van der Waals surface area contributed by atoms with E-state index in [2.05, 4.69) is 0 Å². The smallest absolute Gasteiger partial charge is 0.416 e. The molecule has 0 saturated heterocycles. The van der Waals surface area contributed by atoms with Crippen molar-refractivity contribution in [3.63, 3.8) is 0 Å². The van der Waals surface area contributed by atoms with E-state index in [-0.39, 0.29) is 13.2 Å². The zero-order valence-corrected chi connectivity index (χ0v) is 17.9. The van der Waals surface area contributed by atoms with Crippen molar-refractivity contribution in [3.8, 4) is 22.8 Å². The maximum Gasteiger partial charge on any atom is 0.416 e. The van der Waals surface area contributed by atoms with E-state index >= 15 is 0 Å². The first-order valence-electron chi connectivity index (χ1n) is 9.96. The predicted octanol–water partition coefficient (Wildman–Crippen LogP) is 6.10. The van der Waals surface area contributed by atoms with Gasteiger partial charge in [-0.2, -0.15) is 13.2 Å². The molecule has 0 atom stereocenters. The molecule has 32 heavy (non-hydrogen) atoms. The lowest BCUT2D eigenvalue weighted by Gasteiger charge is -2.11. The lowest BCUT2D eigenvalue weighted by Crippen LogP contribution is -2.14. The topological polar surface area (TPSA) is 57.9 Å². The summed E-state index contributed by atoms with van der Waals surface area (Å²) in [5, 5.41) is 0. The molecule has 3 aromatic rings. The highest BCUT2D eigenvalue weighted by molar-refractivity contribution is 5.71. The molecule has 1 aromatic heterocycles. The third kappa shape index (κ3) is 5.84. The number of esters is 1. The fraction of sp³-hybridized carbons (Fsp3) is 0.292. The second kappa shape index (κ2) is 9.80. The summed E-state index contributed by atoms with van der Waals surface area (Å²) < 4.78 is 60.1. The molecule has 1 heterocycles. The number of rotatable bonds is 8. The Bertz CT molecular complexity index is 1070. The molecule has 0 aliphatic heterocycles. The standard InChI is InChI=1S/C24H23F3O5/c1-4-29-23(28)14-31-20-10-9-19(11-15(20)2)30-13-22-16(3)12-21(32-22)17-5-7-18(8-6-17)24(25,26)27/h5-12H,4,13-14H2,1-3H3. The molecule has 8 heteroatoms. The van der Waals surface area contributed by atoms with E-state index in [1.54, 1.807) is 31.2 Å². The average molecular weight is 448 g/mol. The number of benzene rings is 2. The highest BCUT2D eigenvalue weighted by Crippen LogP contribution is 2.32. The van der Waals surface area contributed by atoms with Gasteiger partial charge in [0, 0.05) is 5.56 Å². The van der Waals surface area contributed by atoms with Gasteiger partial charge in [-0.25, -0.2) is 4.79 Å². The van der Waals surface area contributed by atoms with E-state index in [1.807, 2.05) is 13.8 Å². The van der Waals surface area contributed by atoms with Gasteiger partial charge in [-0.15, -0.1) is 0 Å². The van der Waals surface area contributed by atoms with Crippen molar-refractivity contribution >= 4 is 5.97 Å². The lowest BCUT2D eigenvalue weighted by molar-refractivity contribution is -0.145. The molecule has 0 amide bonds. The van der Waals surface area contributed by atoms with Crippen LogP contribution in [0, 0.1) is 13.8 Å². The molecule has 0 unspecified atom stereocenters. The first-order chi connectivity index (χ1) is 15.2. The van der Waals surface area contributed by atoms with Gasteiger partial charge in [-0.05, 0) is 68.3 Å². The molecule has 0 N–H and O–H groups in total. The number of carbonyl (C=O) groups excluding carboxylic acids is 1. The molecule has 0 fully saturated rings. The number of furan rings is 1. The summed E-state index contributed by atoms with van der Waals surface area (Å²) in [6, 6.07) is 11.8. The minimum Gasteiger partial charge on any atom is -0.486 e. The Balaban J connectivity index is 1.63. The monoisotopic (exact) mass is 448 g/mol. The summed E-state index contributed by atoms with van der Waals surface area (Å²) in [7, 11) is 0. The fourth-order valence-electron chi connectivity index (χ4n) is 2.99. The van der Waals surface area contributed by atoms with Gasteiger partial charge in [-0.3, -0.25) is 0 Å². The molecule has 3 rings (SSSR count). The Morgan fingerprint density at radius 2 is 1.69 bits per heavy atom. The maximum absolute atomic E-state index is 12.7. The van der Waals surface area contributed by atoms with Gasteiger partial charge in [0.15, 0.2) is 6.61 Å². The minimum absolute atomic E-state index is 0.148. The van der Waals surface area contributed by atoms with Crippen LogP contribution in [0.2, 0.25) is 0 Å². The number of hydrogen-bond donors (Lipinski definition) is 0. The molecule has 0 aliphatic carbocycles. The quantitative estimate of drug-likeness (QED) is 0.390. The number of carbonyl (C=O) groups is 1. The van der Waals surface area contributed by atoms with Gasteiger partial charge in [0.25, 0.3) is 0 Å². The highest BCUT2D eigenvalue weighted by atomic mass is 19.4. The zero-order chi connectivity index (χ0) is 23.3. The zero-order valence-electron chi connectivity index (χ0n) is 17.9. The third-order valence-electron chi connectivity index (χ3n) is 4.68. The van der Waals surface area contributed by atoms with Crippen molar-refractivity contribution in [2.75, 3.05) is 13.2 Å². The van der Waals surface area contributed by atoms with E-state index in [0.29, 0.717) is 35.2 Å². The first kappa shape index (κ1) is 23.2. The van der Waals surface area contributed by atoms with Crippen molar-refractivity contribution in [3.05, 3.63) is 71.0 Å². The summed E-state index contributed by atoms with van der Waals surface area (Å²) in [5.41, 5.74) is 1.45. The Morgan fingerprint density at radius 1 is 0.969 bits per heavy atom. The summed E-state index contributed by atoms with van der Waals surface area (Å²) in [5.74, 6) is 1.72. The molecular weight excluding hydrogens is 425 g/mol. The van der Waals surface area contributed by atoms with Crippen LogP contribution in [0.3, 0.4) is 0 Å². The summed E-state index contributed by atoms with van der Waals surface area (Å²) in [6.45, 7) is 5.66. The third-order valence-corrected chi connectivity index (χ3v) is 4.68. The van der Waals surface area contributed by atoms with E-state index in [9.17, 15) is 18.0 Å². The second-order valence-electron chi connectivity index (χ2n) is 7.10. The van der Waals surface area contributed by atoms with Gasteiger partial charge in [0.2, 0.25) is 0 Å². The Labute approximate surface area is 183 Å². The maximum atomic E-state index is 12.7. The van der Waals surface area contributed by atoms with E-state index in [4.69, 9.17) is 18.6 Å². The van der Waals surface area contributed by atoms with E-state index in [0.717, 1.165) is 23.3 Å². The first-order valence-corrected chi connectivity index (χ1v) is 9.96. The number of aryl methyl sites for hydroxylation is 2. The van der Waals surface area contributed by atoms with Crippen molar-refractivity contribution in [2.24, 2.45) is 0 Å². The molecule has 170 valence electrons. The number of halogens is 3. The molecule has 0 radical (unpaired) electrons. The van der Waals surface area contributed by atoms with Crippen LogP contribution in [0.25, 0.3) is 11.3 Å². The predicted molar refractivity (Wildman–Crippen MR) is 112 cm³/mol. The van der Waals surface area contributed by atoms with Crippen LogP contribution in [-0.4, -0.2) is 19.2 Å². The SMILES string of the molecule is CCOC(=O)COc1ccc(OCc2oc(-c3ccc(C(F)(F)F)cc3)cc2C)cc1C. The van der Waals surface area contributed by atoms with Crippen LogP contribution in [0.4, 0.5) is 13.2 Å². The molecule has 0 saturated carbocycles. The number of alkyl halides is 3. The molecular formula is C24H23F3O5. The molecule has 5 nitrogen and oxygen atoms in total.